The van der Waals surface area contributed by atoms with Crippen molar-refractivity contribution in [3.8, 4) is 0 Å². The monoisotopic (exact) mass is 388 g/mol. The van der Waals surface area contributed by atoms with E-state index in [0.717, 1.165) is 0 Å². The maximum Gasteiger partial charge on any atom is 0.327 e. The smallest absolute Gasteiger partial charge is 0.327 e. The largest absolute Gasteiger partial charge is 0.394 e. The summed E-state index contributed by atoms with van der Waals surface area (Å²) >= 11 is 0. The van der Waals surface area contributed by atoms with Crippen LogP contribution >= 0.6 is 8.69 Å². The molecule has 0 aliphatic carbocycles. The minimum Gasteiger partial charge on any atom is -0.394 e. The number of aliphatic hydroxyl groups excluding tert-OH is 7. The van der Waals surface area contributed by atoms with E-state index in [9.17, 15) is 35.2 Å². The van der Waals surface area contributed by atoms with Crippen LogP contribution in [0.5, 0.6) is 0 Å². The Bertz CT molecular complexity index is 454. The van der Waals surface area contributed by atoms with Gasteiger partial charge in [0.05, 0.1) is 13.2 Å². The summed E-state index contributed by atoms with van der Waals surface area (Å²) < 4.78 is 30.6. The molecule has 9 atom stereocenters. The van der Waals surface area contributed by atoms with Gasteiger partial charge in [0.15, 0.2) is 6.29 Å². The Hall–Kier alpha value is -0.340. The molecule has 2 saturated heterocycles. The highest BCUT2D eigenvalue weighted by Crippen LogP contribution is 2.36. The standard InChI is InChI=1S/C12H21O12P/c13-1-4-7(16)10(19)12(3-14,23-4)24-11-9(18)8(17)6(15)5(22-11)2-21-25-20/h4-11,13-19H,1-3H2/t4-,5-,6-,7-,8+,9-,10+,11-,12+/m1/s1. The van der Waals surface area contributed by atoms with Gasteiger partial charge in [-0.1, -0.05) is 0 Å². The molecule has 146 valence electrons. The molecule has 0 bridgehead atoms. The molecule has 2 rings (SSSR count). The van der Waals surface area contributed by atoms with Gasteiger partial charge in [-0.2, -0.15) is 0 Å². The molecular weight excluding hydrogens is 367 g/mol. The average molecular weight is 388 g/mol. The minimum atomic E-state index is -2.25. The van der Waals surface area contributed by atoms with Crippen LogP contribution < -0.4 is 0 Å². The molecule has 2 heterocycles. The Balaban J connectivity index is 2.16. The van der Waals surface area contributed by atoms with Crippen molar-refractivity contribution in [2.24, 2.45) is 0 Å². The zero-order valence-corrected chi connectivity index (χ0v) is 13.8. The minimum absolute atomic E-state index is 0.423. The summed E-state index contributed by atoms with van der Waals surface area (Å²) in [6, 6.07) is 0. The van der Waals surface area contributed by atoms with Crippen molar-refractivity contribution in [1.82, 2.24) is 0 Å². The van der Waals surface area contributed by atoms with E-state index in [0.29, 0.717) is 0 Å². The summed E-state index contributed by atoms with van der Waals surface area (Å²) in [7, 11) is -0.702. The van der Waals surface area contributed by atoms with E-state index in [-0.39, 0.29) is 0 Å². The van der Waals surface area contributed by atoms with Crippen LogP contribution in [0.15, 0.2) is 0 Å². The van der Waals surface area contributed by atoms with E-state index >= 15 is 0 Å². The summed E-state index contributed by atoms with van der Waals surface area (Å²) in [6.07, 6.45) is -12.8. The third-order valence-electron chi connectivity index (χ3n) is 4.18. The molecule has 7 N–H and O–H groups in total. The molecule has 0 radical (unpaired) electrons. The number of aliphatic hydroxyl groups is 7. The predicted octanol–water partition coefficient (Wildman–Crippen LogP) is -4.16. The highest BCUT2D eigenvalue weighted by atomic mass is 31.1. The van der Waals surface area contributed by atoms with Crippen molar-refractivity contribution >= 4 is 8.69 Å². The topological polar surface area (TPSA) is 196 Å². The van der Waals surface area contributed by atoms with Crippen LogP contribution in [-0.2, 0) is 23.3 Å². The summed E-state index contributed by atoms with van der Waals surface area (Å²) in [5, 5.41) is 68.2. The molecule has 25 heavy (non-hydrogen) atoms. The van der Waals surface area contributed by atoms with Gasteiger partial charge in [-0.15, -0.1) is 0 Å². The second-order valence-corrected chi connectivity index (χ2v) is 6.15. The van der Waals surface area contributed by atoms with Crippen LogP contribution in [0.2, 0.25) is 0 Å². The fourth-order valence-corrected chi connectivity index (χ4v) is 2.93. The first-order chi connectivity index (χ1) is 11.8. The van der Waals surface area contributed by atoms with E-state index in [1.165, 1.54) is 0 Å². The third-order valence-corrected chi connectivity index (χ3v) is 4.44. The average Bonchev–Trinajstić information content (AvgIpc) is 2.86. The molecule has 13 heteroatoms. The van der Waals surface area contributed by atoms with Crippen LogP contribution in [-0.4, -0.2) is 110 Å². The molecule has 0 aromatic heterocycles. The highest BCUT2D eigenvalue weighted by molar-refractivity contribution is 7.17. The summed E-state index contributed by atoms with van der Waals surface area (Å²) in [5.74, 6) is -2.25. The zero-order chi connectivity index (χ0) is 18.8. The van der Waals surface area contributed by atoms with Crippen LogP contribution in [0.3, 0.4) is 0 Å². The van der Waals surface area contributed by atoms with E-state index in [4.69, 9.17) is 19.3 Å². The second-order valence-electron chi connectivity index (χ2n) is 5.75. The van der Waals surface area contributed by atoms with E-state index < -0.39 is 83.3 Å². The Morgan fingerprint density at radius 2 is 1.64 bits per heavy atom. The summed E-state index contributed by atoms with van der Waals surface area (Å²) in [4.78, 5) is 0. The molecule has 0 aromatic rings. The Morgan fingerprint density at radius 3 is 2.16 bits per heavy atom. The normalized spacial score (nSPS) is 48.1. The van der Waals surface area contributed by atoms with Crippen molar-refractivity contribution in [2.45, 2.75) is 54.8 Å². The van der Waals surface area contributed by atoms with Crippen LogP contribution in [0.4, 0.5) is 0 Å². The number of hydrogen-bond acceptors (Lipinski definition) is 12. The zero-order valence-electron chi connectivity index (χ0n) is 12.9. The van der Waals surface area contributed by atoms with Gasteiger partial charge in [-0.3, -0.25) is 4.52 Å². The van der Waals surface area contributed by atoms with Crippen molar-refractivity contribution < 1.29 is 59.0 Å². The lowest BCUT2D eigenvalue weighted by Crippen LogP contribution is -2.62. The Morgan fingerprint density at radius 1 is 0.960 bits per heavy atom. The van der Waals surface area contributed by atoms with Crippen molar-refractivity contribution in [3.05, 3.63) is 0 Å². The van der Waals surface area contributed by atoms with Crippen LogP contribution in [0.1, 0.15) is 0 Å². The predicted molar refractivity (Wildman–Crippen MR) is 75.1 cm³/mol. The van der Waals surface area contributed by atoms with Gasteiger partial charge in [0.2, 0.25) is 5.79 Å². The number of hydrogen-bond donors (Lipinski definition) is 7. The van der Waals surface area contributed by atoms with E-state index in [1.807, 2.05) is 0 Å². The first-order valence-corrected chi connectivity index (χ1v) is 8.12. The molecule has 0 spiro atoms. The van der Waals surface area contributed by atoms with Gasteiger partial charge >= 0.3 is 8.69 Å². The summed E-state index contributed by atoms with van der Waals surface area (Å²) in [5.41, 5.74) is 0. The Labute approximate surface area is 143 Å². The molecule has 0 aromatic carbocycles. The lowest BCUT2D eigenvalue weighted by atomic mass is 9.99. The van der Waals surface area contributed by atoms with Gasteiger partial charge in [-0.05, 0) is 0 Å². The van der Waals surface area contributed by atoms with Gasteiger partial charge in [0.25, 0.3) is 0 Å². The SMILES string of the molecule is O=POC[C@H]1O[C@H](O[C@]2(CO)O[C@H](CO)[C@@H](O)[C@@H]2O)[C@H](O)[C@@H](O)[C@@H]1O. The quantitative estimate of drug-likeness (QED) is 0.208. The summed E-state index contributed by atoms with van der Waals surface area (Å²) in [6.45, 7) is -2.08. The molecule has 2 aliphatic rings. The van der Waals surface area contributed by atoms with Gasteiger partial charge < -0.3 is 50.0 Å². The third kappa shape index (κ3) is 4.00. The maximum absolute atomic E-state index is 10.4. The maximum atomic E-state index is 10.4. The number of rotatable bonds is 7. The lowest BCUT2D eigenvalue weighted by Gasteiger charge is -2.43. The molecule has 2 aliphatic heterocycles. The Kier molecular flexibility index (Phi) is 7.18. The molecule has 12 nitrogen and oxygen atoms in total. The van der Waals surface area contributed by atoms with Crippen molar-refractivity contribution in [2.75, 3.05) is 19.8 Å². The van der Waals surface area contributed by atoms with Gasteiger partial charge in [0.1, 0.15) is 49.3 Å². The van der Waals surface area contributed by atoms with Crippen molar-refractivity contribution in [1.29, 1.82) is 0 Å². The van der Waals surface area contributed by atoms with Gasteiger partial charge in [-0.25, -0.2) is 4.57 Å². The van der Waals surface area contributed by atoms with Crippen LogP contribution in [0, 0.1) is 0 Å². The van der Waals surface area contributed by atoms with E-state index in [1.54, 1.807) is 0 Å². The van der Waals surface area contributed by atoms with Crippen molar-refractivity contribution in [3.63, 3.8) is 0 Å². The molecule has 2 fully saturated rings. The fourth-order valence-electron chi connectivity index (χ4n) is 2.72. The fraction of sp³-hybridized carbons (Fsp3) is 1.00. The molecule has 0 unspecified atom stereocenters. The highest BCUT2D eigenvalue weighted by Gasteiger charge is 2.58. The first-order valence-electron chi connectivity index (χ1n) is 7.39. The molecule has 0 saturated carbocycles. The molecular formula is C12H21O12P. The lowest BCUT2D eigenvalue weighted by molar-refractivity contribution is -0.383. The van der Waals surface area contributed by atoms with Crippen LogP contribution in [0.25, 0.3) is 0 Å². The molecule has 0 amide bonds. The van der Waals surface area contributed by atoms with E-state index in [2.05, 4.69) is 4.52 Å². The second kappa shape index (κ2) is 8.57. The van der Waals surface area contributed by atoms with Gasteiger partial charge in [0, 0.05) is 0 Å². The first kappa shape index (κ1) is 21.0. The number of ether oxygens (including phenoxy) is 3.